The first kappa shape index (κ1) is 16.8. The van der Waals surface area contributed by atoms with Crippen molar-refractivity contribution in [2.75, 3.05) is 13.7 Å². The molecule has 0 radical (unpaired) electrons. The van der Waals surface area contributed by atoms with Gasteiger partial charge in [0.25, 0.3) is 0 Å². The van der Waals surface area contributed by atoms with E-state index in [9.17, 15) is 9.59 Å². The summed E-state index contributed by atoms with van der Waals surface area (Å²) in [6.45, 7) is 0.682. The Balaban J connectivity index is 1.41. The number of fused-ring (bicyclic) bond motifs is 2. The van der Waals surface area contributed by atoms with Crippen molar-refractivity contribution in [1.29, 1.82) is 0 Å². The molecule has 6 nitrogen and oxygen atoms in total. The van der Waals surface area contributed by atoms with Gasteiger partial charge >= 0.3 is 12.0 Å². The molecule has 1 fully saturated rings. The third-order valence-electron chi connectivity index (χ3n) is 4.08. The minimum atomic E-state index is -0.130. The largest absolute Gasteiger partial charge is 0.469 e. The van der Waals surface area contributed by atoms with Crippen LogP contribution in [0.15, 0.2) is 12.2 Å². The summed E-state index contributed by atoms with van der Waals surface area (Å²) in [4.78, 5) is 28.3. The molecule has 6 heteroatoms. The number of methoxy groups -OCH3 is 1. The number of rotatable bonds is 9. The number of ether oxygens (including phenoxy) is 1. The number of hydrogen-bond donors (Lipinski definition) is 1. The van der Waals surface area contributed by atoms with Crippen molar-refractivity contribution in [3.05, 3.63) is 12.2 Å². The number of esters is 1. The van der Waals surface area contributed by atoms with Crippen LogP contribution in [0.25, 0.3) is 0 Å². The Labute approximate surface area is 131 Å². The number of amides is 2. The molecule has 1 aliphatic heterocycles. The molecule has 1 N–H and O–H groups in total. The molecule has 1 saturated heterocycles. The van der Waals surface area contributed by atoms with E-state index in [0.29, 0.717) is 13.0 Å². The van der Waals surface area contributed by atoms with E-state index in [1.54, 1.807) is 0 Å². The molecular formula is C16H26N2O4. The van der Waals surface area contributed by atoms with Gasteiger partial charge in [0.05, 0.1) is 13.2 Å². The standard InChI is InChI=1S/C16H26N2O4/c1-21-15(19)8-6-4-2-3-5-7-11-17-16(20)18-13-9-10-14(12-13)22-18/h9-10,13-14H,2-8,11-12H2,1H3,(H,17,20)/t13-,14+/m0/s1. The van der Waals surface area contributed by atoms with Gasteiger partial charge in [-0.2, -0.15) is 5.06 Å². The zero-order valence-electron chi connectivity index (χ0n) is 13.3. The van der Waals surface area contributed by atoms with Gasteiger partial charge in [-0.05, 0) is 12.8 Å². The smallest absolute Gasteiger partial charge is 0.341 e. The van der Waals surface area contributed by atoms with Crippen LogP contribution in [0.2, 0.25) is 0 Å². The molecule has 0 aromatic rings. The fraction of sp³-hybridized carbons (Fsp3) is 0.750. The Kier molecular flexibility index (Phi) is 6.71. The van der Waals surface area contributed by atoms with Gasteiger partial charge in [0.1, 0.15) is 6.10 Å². The Morgan fingerprint density at radius 2 is 1.91 bits per heavy atom. The summed E-state index contributed by atoms with van der Waals surface area (Å²) < 4.78 is 4.60. The summed E-state index contributed by atoms with van der Waals surface area (Å²) in [6, 6.07) is -0.0188. The second-order valence-electron chi connectivity index (χ2n) is 5.84. The average Bonchev–Trinajstić information content (AvgIpc) is 3.15. The first-order valence-electron chi connectivity index (χ1n) is 8.19. The van der Waals surface area contributed by atoms with Crippen LogP contribution in [0.1, 0.15) is 51.4 Å². The van der Waals surface area contributed by atoms with Crippen LogP contribution >= 0.6 is 0 Å². The molecule has 2 atom stereocenters. The van der Waals surface area contributed by atoms with Crippen molar-refractivity contribution in [2.24, 2.45) is 0 Å². The number of carbonyl (C=O) groups excluding carboxylic acids is 2. The van der Waals surface area contributed by atoms with Gasteiger partial charge in [-0.25, -0.2) is 4.79 Å². The minimum absolute atomic E-state index is 0.0840. The number of nitrogens with zero attached hydrogens (tertiary/aromatic N) is 1. The lowest BCUT2D eigenvalue weighted by atomic mass is 10.1. The van der Waals surface area contributed by atoms with Crippen molar-refractivity contribution in [3.8, 4) is 0 Å². The van der Waals surface area contributed by atoms with E-state index in [1.165, 1.54) is 12.2 Å². The predicted octanol–water partition coefficient (Wildman–Crippen LogP) is 2.54. The van der Waals surface area contributed by atoms with E-state index in [-0.39, 0.29) is 24.1 Å². The highest BCUT2D eigenvalue weighted by molar-refractivity contribution is 5.74. The van der Waals surface area contributed by atoms with Gasteiger partial charge in [0.2, 0.25) is 0 Å². The molecule has 0 spiro atoms. The summed E-state index contributed by atoms with van der Waals surface area (Å²) in [5.41, 5.74) is 0. The highest BCUT2D eigenvalue weighted by atomic mass is 16.7. The SMILES string of the molecule is COC(=O)CCCCCCCCNC(=O)N1O[C@@H]2C=C[C@H]1C2. The van der Waals surface area contributed by atoms with Crippen molar-refractivity contribution in [1.82, 2.24) is 10.4 Å². The van der Waals surface area contributed by atoms with Gasteiger partial charge in [0.15, 0.2) is 0 Å². The average molecular weight is 310 g/mol. The first-order valence-corrected chi connectivity index (χ1v) is 8.19. The molecule has 1 aliphatic carbocycles. The van der Waals surface area contributed by atoms with Crippen LogP contribution in [0, 0.1) is 0 Å². The van der Waals surface area contributed by atoms with Crippen molar-refractivity contribution < 1.29 is 19.2 Å². The molecule has 2 bridgehead atoms. The zero-order chi connectivity index (χ0) is 15.8. The number of hydroxylamine groups is 2. The molecule has 0 aromatic carbocycles. The number of urea groups is 1. The monoisotopic (exact) mass is 310 g/mol. The Morgan fingerprint density at radius 1 is 1.18 bits per heavy atom. The molecule has 2 rings (SSSR count). The molecule has 124 valence electrons. The molecule has 0 aromatic heterocycles. The number of carbonyl (C=O) groups is 2. The molecule has 2 amide bonds. The van der Waals surface area contributed by atoms with E-state index in [2.05, 4.69) is 10.1 Å². The van der Waals surface area contributed by atoms with Crippen LogP contribution in [-0.2, 0) is 14.4 Å². The van der Waals surface area contributed by atoms with Gasteiger partial charge < -0.3 is 10.1 Å². The summed E-state index contributed by atoms with van der Waals surface area (Å²) in [5, 5.41) is 4.36. The van der Waals surface area contributed by atoms with Crippen LogP contribution in [0.3, 0.4) is 0 Å². The lowest BCUT2D eigenvalue weighted by molar-refractivity contribution is -0.140. The van der Waals surface area contributed by atoms with Crippen molar-refractivity contribution in [3.63, 3.8) is 0 Å². The highest BCUT2D eigenvalue weighted by Gasteiger charge is 2.38. The summed E-state index contributed by atoms with van der Waals surface area (Å²) in [5.74, 6) is -0.129. The molecular weight excluding hydrogens is 284 g/mol. The van der Waals surface area contributed by atoms with Gasteiger partial charge in [-0.3, -0.25) is 9.63 Å². The van der Waals surface area contributed by atoms with Crippen molar-refractivity contribution >= 4 is 12.0 Å². The minimum Gasteiger partial charge on any atom is -0.469 e. The lowest BCUT2D eigenvalue weighted by Gasteiger charge is -2.22. The molecule has 22 heavy (non-hydrogen) atoms. The van der Waals surface area contributed by atoms with E-state index >= 15 is 0 Å². The van der Waals surface area contributed by atoms with E-state index in [4.69, 9.17) is 4.84 Å². The van der Waals surface area contributed by atoms with Gasteiger partial charge in [-0.15, -0.1) is 0 Å². The van der Waals surface area contributed by atoms with E-state index < -0.39 is 0 Å². The maximum Gasteiger partial charge on any atom is 0.341 e. The van der Waals surface area contributed by atoms with E-state index in [0.717, 1.165) is 44.9 Å². The number of unbranched alkanes of at least 4 members (excludes halogenated alkanes) is 5. The Morgan fingerprint density at radius 3 is 2.55 bits per heavy atom. The topological polar surface area (TPSA) is 67.9 Å². The van der Waals surface area contributed by atoms with Crippen LogP contribution < -0.4 is 5.32 Å². The second-order valence-corrected chi connectivity index (χ2v) is 5.84. The Bertz CT molecular complexity index is 411. The third kappa shape index (κ3) is 5.02. The fourth-order valence-corrected chi connectivity index (χ4v) is 2.80. The van der Waals surface area contributed by atoms with Gasteiger partial charge in [-0.1, -0.05) is 37.8 Å². The summed E-state index contributed by atoms with van der Waals surface area (Å²) in [7, 11) is 1.42. The van der Waals surface area contributed by atoms with Crippen molar-refractivity contribution in [2.45, 2.75) is 63.5 Å². The number of nitrogens with one attached hydrogen (secondary N) is 1. The number of hydrogen-bond acceptors (Lipinski definition) is 4. The lowest BCUT2D eigenvalue weighted by Crippen LogP contribution is -2.42. The quantitative estimate of drug-likeness (QED) is 0.404. The molecule has 0 saturated carbocycles. The van der Waals surface area contributed by atoms with Crippen LogP contribution in [-0.4, -0.2) is 42.9 Å². The van der Waals surface area contributed by atoms with Crippen LogP contribution in [0.4, 0.5) is 4.79 Å². The maximum atomic E-state index is 11.9. The second kappa shape index (κ2) is 8.78. The maximum absolute atomic E-state index is 11.9. The molecule has 1 heterocycles. The summed E-state index contributed by atoms with van der Waals surface area (Å²) >= 11 is 0. The van der Waals surface area contributed by atoms with E-state index in [1.807, 2.05) is 12.2 Å². The first-order chi connectivity index (χ1) is 10.7. The molecule has 0 unspecified atom stereocenters. The van der Waals surface area contributed by atoms with Gasteiger partial charge in [0, 0.05) is 19.4 Å². The Hall–Kier alpha value is -1.56. The normalized spacial score (nSPS) is 22.1. The highest BCUT2D eigenvalue weighted by Crippen LogP contribution is 2.28. The molecule has 2 aliphatic rings. The zero-order valence-corrected chi connectivity index (χ0v) is 13.3. The third-order valence-corrected chi connectivity index (χ3v) is 4.08. The fourth-order valence-electron chi connectivity index (χ4n) is 2.80. The summed E-state index contributed by atoms with van der Waals surface area (Å²) in [6.07, 6.45) is 11.8. The predicted molar refractivity (Wildman–Crippen MR) is 82.0 cm³/mol. The van der Waals surface area contributed by atoms with Crippen LogP contribution in [0.5, 0.6) is 0 Å².